The Kier molecular flexibility index (Phi) is 8.46. The summed E-state index contributed by atoms with van der Waals surface area (Å²) in [6.45, 7) is 3.36. The van der Waals surface area contributed by atoms with Gasteiger partial charge in [-0.1, -0.05) is 0 Å². The molecule has 0 aliphatic carbocycles. The van der Waals surface area contributed by atoms with Gasteiger partial charge in [-0.15, -0.1) is 10.2 Å². The molecule has 0 aliphatic heterocycles. The van der Waals surface area contributed by atoms with Gasteiger partial charge in [0, 0.05) is 32.0 Å². The third kappa shape index (κ3) is 5.57. The smallest absolute Gasteiger partial charge is 0.339 e. The quantitative estimate of drug-likeness (QED) is 0.314. The van der Waals surface area contributed by atoms with Crippen molar-refractivity contribution >= 4 is 17.7 Å². The Hall–Kier alpha value is -3.11. The van der Waals surface area contributed by atoms with Crippen molar-refractivity contribution in [3.05, 3.63) is 42.1 Å². The molecule has 0 N–H and O–H groups in total. The first-order chi connectivity index (χ1) is 15.6. The Morgan fingerprint density at radius 2 is 1.88 bits per heavy atom. The Balaban J connectivity index is 1.90. The molecular weight excluding hydrogens is 432 g/mol. The number of carbonyl (C=O) groups is 1. The molecule has 0 aliphatic rings. The third-order valence-corrected chi connectivity index (χ3v) is 5.47. The van der Waals surface area contributed by atoms with Gasteiger partial charge in [-0.25, -0.2) is 9.78 Å². The molecule has 170 valence electrons. The molecule has 9 nitrogen and oxygen atoms in total. The molecule has 0 unspecified atom stereocenters. The molecular formula is C22H26N4O5S. The molecule has 0 amide bonds. The number of pyridine rings is 1. The average molecular weight is 459 g/mol. The van der Waals surface area contributed by atoms with Crippen LogP contribution in [0, 0.1) is 0 Å². The van der Waals surface area contributed by atoms with Crippen LogP contribution in [0.3, 0.4) is 0 Å². The Bertz CT molecular complexity index is 1040. The molecule has 0 radical (unpaired) electrons. The highest BCUT2D eigenvalue weighted by molar-refractivity contribution is 7.99. The van der Waals surface area contributed by atoms with Crippen LogP contribution in [0.2, 0.25) is 0 Å². The third-order valence-electron chi connectivity index (χ3n) is 4.53. The molecule has 0 saturated carbocycles. The summed E-state index contributed by atoms with van der Waals surface area (Å²) in [6.07, 6.45) is 2.29. The summed E-state index contributed by atoms with van der Waals surface area (Å²) in [5.74, 6) is 1.56. The number of aromatic nitrogens is 4. The van der Waals surface area contributed by atoms with Crippen molar-refractivity contribution in [2.24, 2.45) is 0 Å². The zero-order valence-electron chi connectivity index (χ0n) is 18.5. The predicted octanol–water partition coefficient (Wildman–Crippen LogP) is 3.72. The first-order valence-electron chi connectivity index (χ1n) is 10.1. The van der Waals surface area contributed by atoms with E-state index in [0.29, 0.717) is 52.8 Å². The second-order valence-electron chi connectivity index (χ2n) is 6.58. The van der Waals surface area contributed by atoms with Gasteiger partial charge in [0.15, 0.2) is 22.5 Å². The van der Waals surface area contributed by atoms with Gasteiger partial charge in [0.05, 0.1) is 26.4 Å². The minimum absolute atomic E-state index is 0.318. The number of hydrogen-bond acceptors (Lipinski definition) is 9. The van der Waals surface area contributed by atoms with Crippen LogP contribution in [0.25, 0.3) is 11.4 Å². The largest absolute Gasteiger partial charge is 0.493 e. The SMILES string of the molecule is CCOC(=O)c1ccc(Sc2nnc(-c3ccc(OC)c(OC)c3)n2CCCOC)nc1. The van der Waals surface area contributed by atoms with Crippen molar-refractivity contribution in [2.75, 3.05) is 34.5 Å². The van der Waals surface area contributed by atoms with E-state index in [0.717, 1.165) is 12.0 Å². The van der Waals surface area contributed by atoms with Crippen LogP contribution in [-0.2, 0) is 16.0 Å². The van der Waals surface area contributed by atoms with E-state index in [1.165, 1.54) is 18.0 Å². The maximum absolute atomic E-state index is 11.8. The van der Waals surface area contributed by atoms with Crippen LogP contribution in [0.5, 0.6) is 11.5 Å². The minimum Gasteiger partial charge on any atom is -0.493 e. The van der Waals surface area contributed by atoms with Crippen LogP contribution < -0.4 is 9.47 Å². The van der Waals surface area contributed by atoms with E-state index in [-0.39, 0.29) is 0 Å². The first kappa shape index (κ1) is 23.6. The molecule has 3 rings (SSSR count). The lowest BCUT2D eigenvalue weighted by Crippen LogP contribution is -2.06. The normalized spacial score (nSPS) is 10.8. The monoisotopic (exact) mass is 458 g/mol. The van der Waals surface area contributed by atoms with Crippen molar-refractivity contribution in [1.29, 1.82) is 0 Å². The summed E-state index contributed by atoms with van der Waals surface area (Å²) in [5, 5.41) is 10.2. The average Bonchev–Trinajstić information content (AvgIpc) is 3.21. The fraction of sp³-hybridized carbons (Fsp3) is 0.364. The number of hydrogen-bond donors (Lipinski definition) is 0. The second-order valence-corrected chi connectivity index (χ2v) is 7.57. The van der Waals surface area contributed by atoms with Gasteiger partial charge in [0.1, 0.15) is 5.03 Å². The number of methoxy groups -OCH3 is 3. The van der Waals surface area contributed by atoms with Crippen LogP contribution in [-0.4, -0.2) is 60.3 Å². The van der Waals surface area contributed by atoms with E-state index >= 15 is 0 Å². The van der Waals surface area contributed by atoms with E-state index in [1.54, 1.807) is 40.4 Å². The molecule has 2 aromatic heterocycles. The molecule has 0 fully saturated rings. The lowest BCUT2D eigenvalue weighted by molar-refractivity contribution is 0.0525. The van der Waals surface area contributed by atoms with Gasteiger partial charge in [-0.3, -0.25) is 0 Å². The first-order valence-corrected chi connectivity index (χ1v) is 10.9. The molecule has 2 heterocycles. The van der Waals surface area contributed by atoms with Crippen LogP contribution in [0.4, 0.5) is 0 Å². The molecule has 10 heteroatoms. The molecule has 0 atom stereocenters. The highest BCUT2D eigenvalue weighted by atomic mass is 32.2. The van der Waals surface area contributed by atoms with Gasteiger partial charge in [0.25, 0.3) is 0 Å². The zero-order valence-corrected chi connectivity index (χ0v) is 19.3. The second kappa shape index (κ2) is 11.5. The van der Waals surface area contributed by atoms with Gasteiger partial charge in [-0.05, 0) is 55.4 Å². The number of ether oxygens (including phenoxy) is 4. The highest BCUT2D eigenvalue weighted by Crippen LogP contribution is 2.34. The fourth-order valence-electron chi connectivity index (χ4n) is 2.99. The number of rotatable bonds is 11. The predicted molar refractivity (Wildman–Crippen MR) is 119 cm³/mol. The lowest BCUT2D eigenvalue weighted by Gasteiger charge is -2.12. The molecule has 32 heavy (non-hydrogen) atoms. The fourth-order valence-corrected chi connectivity index (χ4v) is 3.79. The van der Waals surface area contributed by atoms with E-state index in [2.05, 4.69) is 15.2 Å². The molecule has 0 bridgehead atoms. The summed E-state index contributed by atoms with van der Waals surface area (Å²) in [7, 11) is 4.86. The number of carbonyl (C=O) groups excluding carboxylic acids is 1. The van der Waals surface area contributed by atoms with Crippen LogP contribution in [0.1, 0.15) is 23.7 Å². The van der Waals surface area contributed by atoms with Gasteiger partial charge < -0.3 is 23.5 Å². The highest BCUT2D eigenvalue weighted by Gasteiger charge is 2.18. The van der Waals surface area contributed by atoms with E-state index in [4.69, 9.17) is 18.9 Å². The summed E-state index contributed by atoms with van der Waals surface area (Å²) in [6, 6.07) is 9.08. The Labute approximate surface area is 191 Å². The van der Waals surface area contributed by atoms with Crippen LogP contribution >= 0.6 is 11.8 Å². The van der Waals surface area contributed by atoms with Crippen molar-refractivity contribution < 1.29 is 23.7 Å². The van der Waals surface area contributed by atoms with E-state index in [1.807, 2.05) is 22.8 Å². The minimum atomic E-state index is -0.393. The topological polar surface area (TPSA) is 97.6 Å². The van der Waals surface area contributed by atoms with Crippen LogP contribution in [0.15, 0.2) is 46.7 Å². The molecule has 3 aromatic rings. The van der Waals surface area contributed by atoms with Gasteiger partial charge in [-0.2, -0.15) is 0 Å². The summed E-state index contributed by atoms with van der Waals surface area (Å²) < 4.78 is 23.0. The number of esters is 1. The molecule has 1 aromatic carbocycles. The summed E-state index contributed by atoms with van der Waals surface area (Å²) in [4.78, 5) is 16.2. The number of benzene rings is 1. The van der Waals surface area contributed by atoms with Gasteiger partial charge >= 0.3 is 5.97 Å². The maximum atomic E-state index is 11.8. The van der Waals surface area contributed by atoms with E-state index in [9.17, 15) is 4.79 Å². The molecule has 0 saturated heterocycles. The lowest BCUT2D eigenvalue weighted by atomic mass is 10.2. The summed E-state index contributed by atoms with van der Waals surface area (Å²) >= 11 is 1.37. The Morgan fingerprint density at radius 3 is 2.53 bits per heavy atom. The molecule has 0 spiro atoms. The van der Waals surface area contributed by atoms with E-state index < -0.39 is 5.97 Å². The maximum Gasteiger partial charge on any atom is 0.339 e. The van der Waals surface area contributed by atoms with Crippen molar-refractivity contribution in [2.45, 2.75) is 30.1 Å². The standard InChI is InChI=1S/C22H26N4O5S/c1-5-31-21(27)16-8-10-19(23-14-16)32-22-25-24-20(26(22)11-6-12-28-2)15-7-9-17(29-3)18(13-15)30-4/h7-10,13-14H,5-6,11-12H2,1-4H3. The Morgan fingerprint density at radius 1 is 1.06 bits per heavy atom. The van der Waals surface area contributed by atoms with Crippen molar-refractivity contribution in [3.8, 4) is 22.9 Å². The van der Waals surface area contributed by atoms with Gasteiger partial charge in [0.2, 0.25) is 0 Å². The van der Waals surface area contributed by atoms with Crippen molar-refractivity contribution in [3.63, 3.8) is 0 Å². The number of nitrogens with zero attached hydrogens (tertiary/aromatic N) is 4. The summed E-state index contributed by atoms with van der Waals surface area (Å²) in [5.41, 5.74) is 1.26. The van der Waals surface area contributed by atoms with Crippen molar-refractivity contribution in [1.82, 2.24) is 19.7 Å². The zero-order chi connectivity index (χ0) is 22.9.